The topological polar surface area (TPSA) is 51.8 Å². The van der Waals surface area contributed by atoms with Crippen LogP contribution >= 0.6 is 11.8 Å². The summed E-state index contributed by atoms with van der Waals surface area (Å²) in [5, 5.41) is 0.288. The van der Waals surface area contributed by atoms with Gasteiger partial charge in [0.25, 0.3) is 0 Å². The predicted molar refractivity (Wildman–Crippen MR) is 70.2 cm³/mol. The van der Waals surface area contributed by atoms with E-state index in [1.165, 1.54) is 12.3 Å². The first-order chi connectivity index (χ1) is 9.40. The highest BCUT2D eigenvalue weighted by Gasteiger charge is 2.34. The van der Waals surface area contributed by atoms with E-state index >= 15 is 0 Å². The van der Waals surface area contributed by atoms with E-state index in [9.17, 15) is 13.2 Å². The van der Waals surface area contributed by atoms with Gasteiger partial charge in [-0.1, -0.05) is 6.07 Å². The van der Waals surface area contributed by atoms with Crippen molar-refractivity contribution in [3.63, 3.8) is 0 Å². The van der Waals surface area contributed by atoms with E-state index in [0.29, 0.717) is 11.3 Å². The van der Waals surface area contributed by atoms with Crippen LogP contribution in [0.2, 0.25) is 0 Å². The third-order valence-electron chi connectivity index (χ3n) is 2.56. The van der Waals surface area contributed by atoms with Gasteiger partial charge < -0.3 is 5.73 Å². The lowest BCUT2D eigenvalue weighted by Crippen LogP contribution is -2.09. The van der Waals surface area contributed by atoms with Crippen molar-refractivity contribution in [3.05, 3.63) is 47.3 Å². The maximum absolute atomic E-state index is 13.1. The molecular formula is C13H12F3N3S. The Morgan fingerprint density at radius 3 is 2.60 bits per heavy atom. The van der Waals surface area contributed by atoms with Crippen LogP contribution in [0.15, 0.2) is 40.5 Å². The average Bonchev–Trinajstić information content (AvgIpc) is 2.38. The maximum Gasteiger partial charge on any atom is 0.417 e. The zero-order valence-electron chi connectivity index (χ0n) is 10.6. The van der Waals surface area contributed by atoms with Gasteiger partial charge in [0, 0.05) is 23.3 Å². The summed E-state index contributed by atoms with van der Waals surface area (Å²) in [5.41, 5.74) is 5.81. The van der Waals surface area contributed by atoms with E-state index in [1.807, 2.05) is 0 Å². The molecule has 7 heteroatoms. The summed E-state index contributed by atoms with van der Waals surface area (Å²) in [7, 11) is 0. The molecule has 0 radical (unpaired) electrons. The minimum absolute atomic E-state index is 0.0645. The fourth-order valence-corrected chi connectivity index (χ4v) is 2.51. The molecule has 0 amide bonds. The van der Waals surface area contributed by atoms with Gasteiger partial charge in [0.15, 0.2) is 5.16 Å². The number of aryl methyl sites for hydroxylation is 1. The standard InChI is InChI=1S/C13H12F3N3S/c1-8-4-5-18-12(19-8)20-11-3-2-9(7-17)6-10(11)13(14,15)16/h2-6H,7,17H2,1H3. The zero-order valence-corrected chi connectivity index (χ0v) is 11.4. The Labute approximate surface area is 118 Å². The highest BCUT2D eigenvalue weighted by Crippen LogP contribution is 2.39. The normalized spacial score (nSPS) is 11.7. The summed E-state index contributed by atoms with van der Waals surface area (Å²) < 4.78 is 39.2. The first-order valence-corrected chi connectivity index (χ1v) is 6.59. The van der Waals surface area contributed by atoms with Crippen LogP contribution in [0.5, 0.6) is 0 Å². The van der Waals surface area contributed by atoms with Crippen LogP contribution in [0.1, 0.15) is 16.8 Å². The molecule has 0 saturated carbocycles. The number of nitrogens with two attached hydrogens (primary N) is 1. The van der Waals surface area contributed by atoms with Crippen molar-refractivity contribution in [3.8, 4) is 0 Å². The predicted octanol–water partition coefficient (Wildman–Crippen LogP) is 3.41. The van der Waals surface area contributed by atoms with E-state index in [0.717, 1.165) is 17.8 Å². The van der Waals surface area contributed by atoms with Crippen LogP contribution in [0.25, 0.3) is 0 Å². The molecule has 0 spiro atoms. The van der Waals surface area contributed by atoms with Gasteiger partial charge in [0.05, 0.1) is 5.56 Å². The largest absolute Gasteiger partial charge is 0.417 e. The highest BCUT2D eigenvalue weighted by atomic mass is 32.2. The second-order valence-electron chi connectivity index (χ2n) is 4.12. The van der Waals surface area contributed by atoms with E-state index < -0.39 is 11.7 Å². The van der Waals surface area contributed by atoms with E-state index in [-0.39, 0.29) is 16.6 Å². The summed E-state index contributed by atoms with van der Waals surface area (Å²) in [4.78, 5) is 8.12. The van der Waals surface area contributed by atoms with Crippen LogP contribution in [-0.2, 0) is 12.7 Å². The molecular weight excluding hydrogens is 287 g/mol. The maximum atomic E-state index is 13.1. The summed E-state index contributed by atoms with van der Waals surface area (Å²) in [5.74, 6) is 0. The molecule has 0 aliphatic heterocycles. The summed E-state index contributed by atoms with van der Waals surface area (Å²) in [6.45, 7) is 1.82. The molecule has 0 fully saturated rings. The van der Waals surface area contributed by atoms with Crippen LogP contribution in [-0.4, -0.2) is 9.97 Å². The van der Waals surface area contributed by atoms with Gasteiger partial charge in [-0.2, -0.15) is 13.2 Å². The Bertz CT molecular complexity index is 614. The van der Waals surface area contributed by atoms with Crippen LogP contribution in [0, 0.1) is 6.92 Å². The number of rotatable bonds is 3. The Kier molecular flexibility index (Phi) is 4.29. The third-order valence-corrected chi connectivity index (χ3v) is 3.51. The molecule has 0 aliphatic carbocycles. The highest BCUT2D eigenvalue weighted by molar-refractivity contribution is 7.99. The first-order valence-electron chi connectivity index (χ1n) is 5.78. The molecule has 0 unspecified atom stereocenters. The van der Waals surface area contributed by atoms with Crippen LogP contribution in [0.3, 0.4) is 0 Å². The number of nitrogens with zero attached hydrogens (tertiary/aromatic N) is 2. The summed E-state index contributed by atoms with van der Waals surface area (Å²) in [6.07, 6.45) is -2.91. The molecule has 0 saturated heterocycles. The molecule has 106 valence electrons. The number of alkyl halides is 3. The lowest BCUT2D eigenvalue weighted by molar-refractivity contribution is -0.139. The van der Waals surface area contributed by atoms with Crippen molar-refractivity contribution in [2.45, 2.75) is 29.7 Å². The Morgan fingerprint density at radius 2 is 2.00 bits per heavy atom. The summed E-state index contributed by atoms with van der Waals surface area (Å²) >= 11 is 0.891. The number of halogens is 3. The number of benzene rings is 1. The Balaban J connectivity index is 2.41. The van der Waals surface area contributed by atoms with Crippen LogP contribution in [0.4, 0.5) is 13.2 Å². The second-order valence-corrected chi connectivity index (χ2v) is 5.12. The molecule has 1 aromatic heterocycles. The molecule has 2 aromatic rings. The Hall–Kier alpha value is -1.60. The minimum Gasteiger partial charge on any atom is -0.326 e. The SMILES string of the molecule is Cc1ccnc(Sc2ccc(CN)cc2C(F)(F)F)n1. The Morgan fingerprint density at radius 1 is 1.25 bits per heavy atom. The van der Waals surface area contributed by atoms with Gasteiger partial charge in [-0.3, -0.25) is 0 Å². The van der Waals surface area contributed by atoms with Gasteiger partial charge in [0.2, 0.25) is 0 Å². The molecule has 2 N–H and O–H groups in total. The van der Waals surface area contributed by atoms with Crippen molar-refractivity contribution < 1.29 is 13.2 Å². The molecule has 1 heterocycles. The first kappa shape index (κ1) is 14.8. The van der Waals surface area contributed by atoms with Gasteiger partial charge in [-0.15, -0.1) is 0 Å². The lowest BCUT2D eigenvalue weighted by atomic mass is 10.1. The molecule has 0 bridgehead atoms. The van der Waals surface area contributed by atoms with Crippen molar-refractivity contribution in [1.82, 2.24) is 9.97 Å². The molecule has 0 atom stereocenters. The fourth-order valence-electron chi connectivity index (χ4n) is 1.59. The van der Waals surface area contributed by atoms with E-state index in [2.05, 4.69) is 9.97 Å². The molecule has 1 aromatic carbocycles. The number of hydrogen-bond acceptors (Lipinski definition) is 4. The van der Waals surface area contributed by atoms with E-state index in [1.54, 1.807) is 19.1 Å². The van der Waals surface area contributed by atoms with Gasteiger partial charge in [-0.05, 0) is 42.4 Å². The van der Waals surface area contributed by atoms with Gasteiger partial charge in [-0.25, -0.2) is 9.97 Å². The molecule has 3 nitrogen and oxygen atoms in total. The smallest absolute Gasteiger partial charge is 0.326 e. The fraction of sp³-hybridized carbons (Fsp3) is 0.231. The van der Waals surface area contributed by atoms with Crippen molar-refractivity contribution >= 4 is 11.8 Å². The number of aromatic nitrogens is 2. The zero-order chi connectivity index (χ0) is 14.8. The monoisotopic (exact) mass is 299 g/mol. The summed E-state index contributed by atoms with van der Waals surface area (Å²) in [6, 6.07) is 5.74. The number of hydrogen-bond donors (Lipinski definition) is 1. The van der Waals surface area contributed by atoms with Gasteiger partial charge in [0.1, 0.15) is 0 Å². The quantitative estimate of drug-likeness (QED) is 0.882. The van der Waals surface area contributed by atoms with E-state index in [4.69, 9.17) is 5.73 Å². The minimum atomic E-state index is -4.43. The second kappa shape index (κ2) is 5.80. The van der Waals surface area contributed by atoms with Crippen LogP contribution < -0.4 is 5.73 Å². The van der Waals surface area contributed by atoms with Crippen molar-refractivity contribution in [1.29, 1.82) is 0 Å². The molecule has 2 rings (SSSR count). The lowest BCUT2D eigenvalue weighted by Gasteiger charge is -2.13. The molecule has 0 aliphatic rings. The average molecular weight is 299 g/mol. The van der Waals surface area contributed by atoms with Crippen molar-refractivity contribution in [2.75, 3.05) is 0 Å². The third kappa shape index (κ3) is 3.49. The molecule has 20 heavy (non-hydrogen) atoms. The van der Waals surface area contributed by atoms with Gasteiger partial charge >= 0.3 is 6.18 Å². The van der Waals surface area contributed by atoms with Crippen molar-refractivity contribution in [2.24, 2.45) is 5.73 Å².